The molecule has 16 heteroatoms. The number of nitrogens with zero attached hydrogens (tertiary/aromatic N) is 4. The van der Waals surface area contributed by atoms with Crippen LogP contribution in [0.5, 0.6) is 0 Å². The van der Waals surface area contributed by atoms with Gasteiger partial charge in [-0.3, -0.25) is 4.98 Å². The molecular weight excluding hydrogens is 623 g/mol. The Hall–Kier alpha value is -2.40. The number of benzene rings is 1. The number of alkyl halides is 2. The van der Waals surface area contributed by atoms with Gasteiger partial charge in [-0.05, 0) is 37.1 Å². The van der Waals surface area contributed by atoms with Crippen LogP contribution < -0.4 is 0 Å². The number of rotatable bonds is 8. The second kappa shape index (κ2) is 12.5. The van der Waals surface area contributed by atoms with Gasteiger partial charge in [-0.15, -0.1) is 16.9 Å². The number of halogens is 6. The van der Waals surface area contributed by atoms with Crippen molar-refractivity contribution in [3.05, 3.63) is 64.8 Å². The van der Waals surface area contributed by atoms with Gasteiger partial charge in [0, 0.05) is 31.7 Å². The molecule has 0 radical (unpaired) electrons. The third-order valence-electron chi connectivity index (χ3n) is 7.83. The van der Waals surface area contributed by atoms with Gasteiger partial charge in [0.1, 0.15) is 35.5 Å². The van der Waals surface area contributed by atoms with Crippen LogP contribution in [0.4, 0.5) is 22.0 Å². The molecular formula is C27H28ClF5N4O5S. The smallest absolute Gasteiger partial charge is 0.248 e. The lowest BCUT2D eigenvalue weighted by Gasteiger charge is -2.47. The van der Waals surface area contributed by atoms with Crippen LogP contribution in [-0.4, -0.2) is 84.3 Å². The molecule has 0 amide bonds. The van der Waals surface area contributed by atoms with E-state index >= 15 is 0 Å². The van der Waals surface area contributed by atoms with Crippen molar-refractivity contribution < 1.29 is 46.7 Å². The second-order valence-electron chi connectivity index (χ2n) is 10.6. The van der Waals surface area contributed by atoms with Gasteiger partial charge in [-0.25, -0.2) is 26.6 Å². The highest BCUT2D eigenvalue weighted by Crippen LogP contribution is 2.53. The number of pyridine rings is 1. The summed E-state index contributed by atoms with van der Waals surface area (Å²) < 4.78 is 82.4. The molecule has 1 aliphatic carbocycles. The fourth-order valence-corrected chi connectivity index (χ4v) is 7.47. The normalized spacial score (nSPS) is 27.6. The predicted octanol–water partition coefficient (Wildman–Crippen LogP) is 4.46. The number of ether oxygens (including phenoxy) is 2. The van der Waals surface area contributed by atoms with E-state index in [-0.39, 0.29) is 34.8 Å². The maximum Gasteiger partial charge on any atom is 0.248 e. The highest BCUT2D eigenvalue weighted by atomic mass is 35.5. The van der Waals surface area contributed by atoms with Crippen LogP contribution in [0.15, 0.2) is 36.7 Å². The molecule has 0 spiro atoms. The van der Waals surface area contributed by atoms with E-state index in [0.717, 1.165) is 23.9 Å². The van der Waals surface area contributed by atoms with Gasteiger partial charge in [0.05, 0.1) is 34.4 Å². The highest BCUT2D eigenvalue weighted by molar-refractivity contribution is 8.00. The summed E-state index contributed by atoms with van der Waals surface area (Å²) in [6.07, 6.45) is -2.62. The van der Waals surface area contributed by atoms with E-state index in [1.54, 1.807) is 12.1 Å². The molecule has 234 valence electrons. The number of thioether (sulfide) groups is 1. The summed E-state index contributed by atoms with van der Waals surface area (Å²) in [7, 11) is 1.32. The molecule has 1 saturated carbocycles. The van der Waals surface area contributed by atoms with Crippen LogP contribution in [0.1, 0.15) is 42.7 Å². The maximum absolute atomic E-state index is 14.1. The molecule has 43 heavy (non-hydrogen) atoms. The van der Waals surface area contributed by atoms with Crippen molar-refractivity contribution in [2.75, 3.05) is 13.7 Å². The van der Waals surface area contributed by atoms with E-state index in [2.05, 4.69) is 15.3 Å². The van der Waals surface area contributed by atoms with Crippen molar-refractivity contribution in [2.45, 2.75) is 72.2 Å². The quantitative estimate of drug-likeness (QED) is 0.240. The molecule has 2 aromatic heterocycles. The fourth-order valence-electron chi connectivity index (χ4n) is 5.46. The summed E-state index contributed by atoms with van der Waals surface area (Å²) >= 11 is 7.44. The first-order valence-electron chi connectivity index (χ1n) is 13.3. The Bertz CT molecular complexity index is 1420. The molecule has 1 saturated heterocycles. The molecule has 3 aromatic rings. The Kier molecular flexibility index (Phi) is 9.33. The van der Waals surface area contributed by atoms with Crippen molar-refractivity contribution in [1.82, 2.24) is 20.0 Å². The SMILES string of the molecule is CO[C@@H]1[C@@H](n2cc(-c3cc(F)c(F)c(F)c3)nn2)[C@@H](O)[C@@H](CO)O[C@H]1SC(c1ncccc1Cl)C1(O)CCC(F)(F)CC1. The summed E-state index contributed by atoms with van der Waals surface area (Å²) in [6, 6.07) is 3.51. The highest BCUT2D eigenvalue weighted by Gasteiger charge is 2.53. The van der Waals surface area contributed by atoms with E-state index in [1.165, 1.54) is 24.2 Å². The molecule has 5 rings (SSSR count). The Morgan fingerprint density at radius 2 is 1.86 bits per heavy atom. The molecule has 9 nitrogen and oxygen atoms in total. The second-order valence-corrected chi connectivity index (χ2v) is 12.2. The molecule has 2 aliphatic rings. The lowest BCUT2D eigenvalue weighted by molar-refractivity contribution is -0.186. The van der Waals surface area contributed by atoms with Crippen LogP contribution in [-0.2, 0) is 9.47 Å². The molecule has 0 bridgehead atoms. The lowest BCUT2D eigenvalue weighted by atomic mass is 9.79. The van der Waals surface area contributed by atoms with Gasteiger partial charge in [-0.1, -0.05) is 16.8 Å². The van der Waals surface area contributed by atoms with Gasteiger partial charge in [0.2, 0.25) is 5.92 Å². The maximum atomic E-state index is 14.1. The van der Waals surface area contributed by atoms with Crippen molar-refractivity contribution in [3.8, 4) is 11.3 Å². The summed E-state index contributed by atoms with van der Waals surface area (Å²) in [5.74, 6) is -7.45. The van der Waals surface area contributed by atoms with Crippen molar-refractivity contribution in [1.29, 1.82) is 0 Å². The van der Waals surface area contributed by atoms with Gasteiger partial charge >= 0.3 is 0 Å². The molecule has 1 aromatic carbocycles. The molecule has 3 N–H and O–H groups in total. The van der Waals surface area contributed by atoms with Crippen LogP contribution in [0, 0.1) is 17.5 Å². The monoisotopic (exact) mass is 650 g/mol. The van der Waals surface area contributed by atoms with Gasteiger partial charge in [0.15, 0.2) is 17.5 Å². The van der Waals surface area contributed by atoms with E-state index in [4.69, 9.17) is 21.1 Å². The summed E-state index contributed by atoms with van der Waals surface area (Å²) in [4.78, 5) is 4.33. The molecule has 2 fully saturated rings. The minimum atomic E-state index is -2.94. The summed E-state index contributed by atoms with van der Waals surface area (Å²) in [6.45, 7) is -0.646. The van der Waals surface area contributed by atoms with Gasteiger partial charge < -0.3 is 24.8 Å². The minimum absolute atomic E-state index is 0.0494. The van der Waals surface area contributed by atoms with Crippen LogP contribution in [0.25, 0.3) is 11.3 Å². The minimum Gasteiger partial charge on any atom is -0.394 e. The third kappa shape index (κ3) is 6.39. The Morgan fingerprint density at radius 1 is 1.19 bits per heavy atom. The topological polar surface area (TPSA) is 123 Å². The van der Waals surface area contributed by atoms with E-state index in [9.17, 15) is 37.3 Å². The number of aromatic nitrogens is 4. The first-order chi connectivity index (χ1) is 20.4. The van der Waals surface area contributed by atoms with Gasteiger partial charge in [0.25, 0.3) is 0 Å². The summed E-state index contributed by atoms with van der Waals surface area (Å²) in [5.41, 5.74) is -2.68. The first-order valence-corrected chi connectivity index (χ1v) is 14.6. The number of aliphatic hydroxyl groups is 3. The largest absolute Gasteiger partial charge is 0.394 e. The lowest BCUT2D eigenvalue weighted by Crippen LogP contribution is -2.56. The van der Waals surface area contributed by atoms with Crippen LogP contribution >= 0.6 is 23.4 Å². The number of aliphatic hydroxyl groups excluding tert-OH is 2. The fraction of sp³-hybridized carbons (Fsp3) is 0.519. The zero-order chi connectivity index (χ0) is 31.1. The standard InChI is InChI=1S/C27H28ClF5N4O5S/c1-41-23-21(37-11-17(35-36-37)13-9-15(29)19(31)16(30)10-13)22(39)18(12-38)42-25(23)43-24(20-14(28)3-2-8-34-20)26(40)4-6-27(32,33)7-5-26/h2-3,8-11,18,21-25,38-40H,4-7,12H2,1H3/t18-,21+,22+,23-,24?,25+/m1/s1. The molecule has 6 atom stereocenters. The molecule has 1 unspecified atom stereocenters. The Morgan fingerprint density at radius 3 is 2.47 bits per heavy atom. The number of hydrogen-bond acceptors (Lipinski definition) is 9. The van der Waals surface area contributed by atoms with Crippen LogP contribution in [0.3, 0.4) is 0 Å². The number of methoxy groups -OCH3 is 1. The van der Waals surface area contributed by atoms with Crippen molar-refractivity contribution in [2.24, 2.45) is 0 Å². The average molecular weight is 651 g/mol. The van der Waals surface area contributed by atoms with E-state index in [0.29, 0.717) is 0 Å². The Labute approximate surface area is 252 Å². The zero-order valence-electron chi connectivity index (χ0n) is 22.6. The Balaban J connectivity index is 1.50. The zero-order valence-corrected chi connectivity index (χ0v) is 24.2. The van der Waals surface area contributed by atoms with Crippen molar-refractivity contribution in [3.63, 3.8) is 0 Å². The van der Waals surface area contributed by atoms with Crippen LogP contribution in [0.2, 0.25) is 5.02 Å². The van der Waals surface area contributed by atoms with Crippen molar-refractivity contribution >= 4 is 23.4 Å². The van der Waals surface area contributed by atoms with E-state index in [1.807, 2.05) is 0 Å². The molecule has 3 heterocycles. The van der Waals surface area contributed by atoms with E-state index < -0.39 is 83.5 Å². The average Bonchev–Trinajstić information content (AvgIpc) is 3.46. The third-order valence-corrected chi connectivity index (χ3v) is 9.73. The molecule has 1 aliphatic heterocycles. The van der Waals surface area contributed by atoms with Gasteiger partial charge in [-0.2, -0.15) is 0 Å². The summed E-state index contributed by atoms with van der Waals surface area (Å²) in [5, 5.41) is 40.0. The number of hydrogen-bond donors (Lipinski definition) is 3. The first kappa shape index (κ1) is 32.0. The predicted molar refractivity (Wildman–Crippen MR) is 145 cm³/mol.